The highest BCUT2D eigenvalue weighted by Gasteiger charge is 2.34. The number of ether oxygens (including phenoxy) is 1. The number of piperidine rings is 1. The number of nitrogens with two attached hydrogens (primary N) is 1. The van der Waals surface area contributed by atoms with Crippen molar-refractivity contribution in [3.05, 3.63) is 54.7 Å². The molecule has 5 rings (SSSR count). The predicted octanol–water partition coefficient (Wildman–Crippen LogP) is 4.51. The Morgan fingerprint density at radius 1 is 1.00 bits per heavy atom. The lowest BCUT2D eigenvalue weighted by Gasteiger charge is -2.34. The Balaban J connectivity index is 1.33. The molecule has 0 atom stereocenters. The van der Waals surface area contributed by atoms with Gasteiger partial charge in [-0.2, -0.15) is 4.98 Å². The van der Waals surface area contributed by atoms with E-state index >= 15 is 0 Å². The summed E-state index contributed by atoms with van der Waals surface area (Å²) >= 11 is 0. The molecule has 4 aromatic rings. The molecule has 0 aliphatic carbocycles. The van der Waals surface area contributed by atoms with E-state index in [4.69, 9.17) is 10.5 Å². The zero-order valence-electron chi connectivity index (χ0n) is 19.9. The maximum absolute atomic E-state index is 13.6. The molecule has 36 heavy (non-hydrogen) atoms. The van der Waals surface area contributed by atoms with Gasteiger partial charge in [-0.05, 0) is 36.4 Å². The number of rotatable bonds is 6. The number of anilines is 4. The number of nitrogen functional groups attached to an aromatic ring is 1. The summed E-state index contributed by atoms with van der Waals surface area (Å²) in [5, 5.41) is 7.81. The average molecular weight is 493 g/mol. The van der Waals surface area contributed by atoms with Crippen molar-refractivity contribution in [1.29, 1.82) is 0 Å². The van der Waals surface area contributed by atoms with Crippen molar-refractivity contribution in [2.45, 2.75) is 18.8 Å². The molecule has 9 nitrogen and oxygen atoms in total. The molecule has 0 saturated carbocycles. The third kappa shape index (κ3) is 4.90. The van der Waals surface area contributed by atoms with E-state index in [-0.39, 0.29) is 31.9 Å². The number of halogens is 2. The normalized spacial score (nSPS) is 15.1. The van der Waals surface area contributed by atoms with Crippen molar-refractivity contribution >= 4 is 23.3 Å². The van der Waals surface area contributed by atoms with Gasteiger partial charge >= 0.3 is 0 Å². The molecule has 0 amide bonds. The highest BCUT2D eigenvalue weighted by Crippen LogP contribution is 2.37. The number of aromatic nitrogens is 5. The molecule has 2 aromatic heterocycles. The van der Waals surface area contributed by atoms with Crippen molar-refractivity contribution in [2.75, 3.05) is 36.1 Å². The van der Waals surface area contributed by atoms with Crippen LogP contribution in [0.25, 0.3) is 22.6 Å². The summed E-state index contributed by atoms with van der Waals surface area (Å²) in [6, 6.07) is 15.1. The summed E-state index contributed by atoms with van der Waals surface area (Å²) in [4.78, 5) is 14.7. The monoisotopic (exact) mass is 492 g/mol. The first-order chi connectivity index (χ1) is 17.3. The largest absolute Gasteiger partial charge is 0.495 e. The van der Waals surface area contributed by atoms with Gasteiger partial charge < -0.3 is 20.7 Å². The summed E-state index contributed by atoms with van der Waals surface area (Å²) in [6.07, 6.45) is 1.29. The number of nitrogens with zero attached hydrogens (tertiary/aromatic N) is 6. The van der Waals surface area contributed by atoms with Crippen molar-refractivity contribution in [1.82, 2.24) is 24.7 Å². The summed E-state index contributed by atoms with van der Waals surface area (Å²) in [5.41, 5.74) is 9.72. The SMILES string of the molecule is COc1cc(-c2nc(Nc3ccc(-c4ccnc(N)n4)cc3)n(C)n2)ccc1N1CCC(F)(F)CC1. The maximum Gasteiger partial charge on any atom is 0.251 e. The van der Waals surface area contributed by atoms with Gasteiger partial charge in [0.25, 0.3) is 5.92 Å². The lowest BCUT2D eigenvalue weighted by molar-refractivity contribution is -0.0221. The number of hydrogen-bond acceptors (Lipinski definition) is 8. The zero-order valence-corrected chi connectivity index (χ0v) is 19.9. The summed E-state index contributed by atoms with van der Waals surface area (Å²) in [5.74, 6) is -0.702. The van der Waals surface area contributed by atoms with Gasteiger partial charge in [0.1, 0.15) is 5.75 Å². The first-order valence-corrected chi connectivity index (χ1v) is 11.5. The van der Waals surface area contributed by atoms with Crippen LogP contribution in [0.4, 0.5) is 32.1 Å². The van der Waals surface area contributed by atoms with Crippen LogP contribution in [0.2, 0.25) is 0 Å². The van der Waals surface area contributed by atoms with Crippen molar-refractivity contribution in [3.8, 4) is 28.4 Å². The molecule has 0 bridgehead atoms. The molecular weight excluding hydrogens is 466 g/mol. The van der Waals surface area contributed by atoms with E-state index in [0.29, 0.717) is 17.5 Å². The number of hydrogen-bond donors (Lipinski definition) is 2. The standard InChI is InChI=1S/C25H26F2N8O/c1-34-24(30-18-6-3-16(4-7-18)19-9-12-29-23(28)31-19)32-22(33-34)17-5-8-20(21(15-17)36-2)35-13-10-25(26,27)11-14-35/h3-9,12,15H,10-11,13-14H2,1-2H3,(H2,28,29,31)(H,30,32,33). The number of alkyl halides is 2. The van der Waals surface area contributed by atoms with E-state index in [1.54, 1.807) is 31.1 Å². The second kappa shape index (κ2) is 9.40. The molecule has 0 radical (unpaired) electrons. The highest BCUT2D eigenvalue weighted by molar-refractivity contribution is 5.70. The fourth-order valence-electron chi connectivity index (χ4n) is 4.16. The van der Waals surface area contributed by atoms with Crippen LogP contribution in [0.3, 0.4) is 0 Å². The van der Waals surface area contributed by atoms with Crippen LogP contribution in [-0.2, 0) is 7.05 Å². The fraction of sp³-hybridized carbons (Fsp3) is 0.280. The predicted molar refractivity (Wildman–Crippen MR) is 135 cm³/mol. The van der Waals surface area contributed by atoms with Gasteiger partial charge in [-0.15, -0.1) is 5.10 Å². The molecule has 1 aliphatic heterocycles. The average Bonchev–Trinajstić information content (AvgIpc) is 3.24. The maximum atomic E-state index is 13.6. The smallest absolute Gasteiger partial charge is 0.251 e. The Morgan fingerprint density at radius 3 is 2.42 bits per heavy atom. The fourth-order valence-corrected chi connectivity index (χ4v) is 4.16. The Hall–Kier alpha value is -4.28. The summed E-state index contributed by atoms with van der Waals surface area (Å²) in [6.45, 7) is 0.560. The molecule has 3 N–H and O–H groups in total. The molecular formula is C25H26F2N8O. The molecule has 1 fully saturated rings. The number of methoxy groups -OCH3 is 1. The van der Waals surface area contributed by atoms with Crippen LogP contribution in [0, 0.1) is 0 Å². The van der Waals surface area contributed by atoms with E-state index < -0.39 is 5.92 Å². The highest BCUT2D eigenvalue weighted by atomic mass is 19.3. The Kier molecular flexibility index (Phi) is 6.13. The summed E-state index contributed by atoms with van der Waals surface area (Å²) < 4.78 is 34.4. The zero-order chi connectivity index (χ0) is 25.3. The third-order valence-corrected chi connectivity index (χ3v) is 6.15. The van der Waals surface area contributed by atoms with Gasteiger partial charge in [-0.25, -0.2) is 23.4 Å². The molecule has 186 valence electrons. The molecule has 3 heterocycles. The van der Waals surface area contributed by atoms with Crippen LogP contribution in [-0.4, -0.2) is 50.9 Å². The number of aryl methyl sites for hydroxylation is 1. The van der Waals surface area contributed by atoms with Crippen LogP contribution < -0.4 is 20.7 Å². The Morgan fingerprint density at radius 2 is 1.72 bits per heavy atom. The van der Waals surface area contributed by atoms with E-state index in [1.165, 1.54) is 0 Å². The van der Waals surface area contributed by atoms with Crippen LogP contribution >= 0.6 is 0 Å². The van der Waals surface area contributed by atoms with Gasteiger partial charge in [-0.3, -0.25) is 0 Å². The lowest BCUT2D eigenvalue weighted by Crippen LogP contribution is -2.39. The van der Waals surface area contributed by atoms with E-state index in [1.807, 2.05) is 47.4 Å². The minimum absolute atomic E-state index is 0.164. The second-order valence-electron chi connectivity index (χ2n) is 8.61. The third-order valence-electron chi connectivity index (χ3n) is 6.15. The van der Waals surface area contributed by atoms with Gasteiger partial charge in [0.15, 0.2) is 5.82 Å². The van der Waals surface area contributed by atoms with E-state index in [0.717, 1.165) is 28.2 Å². The van der Waals surface area contributed by atoms with Gasteiger partial charge in [-0.1, -0.05) is 12.1 Å². The number of benzene rings is 2. The molecule has 0 unspecified atom stereocenters. The molecule has 2 aromatic carbocycles. The minimum atomic E-state index is -2.60. The summed E-state index contributed by atoms with van der Waals surface area (Å²) in [7, 11) is 3.37. The van der Waals surface area contributed by atoms with Crippen LogP contribution in [0.5, 0.6) is 5.75 Å². The first-order valence-electron chi connectivity index (χ1n) is 11.5. The van der Waals surface area contributed by atoms with Crippen molar-refractivity contribution in [3.63, 3.8) is 0 Å². The van der Waals surface area contributed by atoms with Crippen molar-refractivity contribution in [2.24, 2.45) is 7.05 Å². The van der Waals surface area contributed by atoms with E-state index in [9.17, 15) is 8.78 Å². The topological polar surface area (TPSA) is 107 Å². The minimum Gasteiger partial charge on any atom is -0.495 e. The Labute approximate surface area is 207 Å². The molecule has 1 saturated heterocycles. The molecule has 0 spiro atoms. The quantitative estimate of drug-likeness (QED) is 0.405. The first kappa shape index (κ1) is 23.5. The van der Waals surface area contributed by atoms with E-state index in [2.05, 4.69) is 25.4 Å². The lowest BCUT2D eigenvalue weighted by atomic mass is 10.1. The van der Waals surface area contributed by atoms with Gasteiger partial charge in [0, 0.05) is 56.0 Å². The van der Waals surface area contributed by atoms with Gasteiger partial charge in [0.05, 0.1) is 18.5 Å². The molecule has 11 heteroatoms. The van der Waals surface area contributed by atoms with Gasteiger partial charge in [0.2, 0.25) is 11.9 Å². The van der Waals surface area contributed by atoms with Crippen LogP contribution in [0.1, 0.15) is 12.8 Å². The number of nitrogens with one attached hydrogen (secondary N) is 1. The molecule has 1 aliphatic rings. The van der Waals surface area contributed by atoms with Crippen LogP contribution in [0.15, 0.2) is 54.7 Å². The van der Waals surface area contributed by atoms with Crippen molar-refractivity contribution < 1.29 is 13.5 Å². The second-order valence-corrected chi connectivity index (χ2v) is 8.61. The Bertz CT molecular complexity index is 1360.